The van der Waals surface area contributed by atoms with Gasteiger partial charge in [0.15, 0.2) is 0 Å². The molecule has 0 bridgehead atoms. The summed E-state index contributed by atoms with van der Waals surface area (Å²) >= 11 is 0. The number of fused-ring (bicyclic) bond motifs is 1. The molecule has 4 aromatic rings. The minimum atomic E-state index is -0.535. The van der Waals surface area contributed by atoms with Gasteiger partial charge in [0.25, 0.3) is 5.91 Å². The van der Waals surface area contributed by atoms with Gasteiger partial charge in [0.1, 0.15) is 17.4 Å². The first-order valence-corrected chi connectivity index (χ1v) is 11.2. The molecule has 5 nitrogen and oxygen atoms in total. The number of aryl methyl sites for hydroxylation is 3. The van der Waals surface area contributed by atoms with E-state index in [-0.39, 0.29) is 12.1 Å². The van der Waals surface area contributed by atoms with Crippen LogP contribution >= 0.6 is 0 Å². The van der Waals surface area contributed by atoms with Crippen LogP contribution in [-0.2, 0) is 13.1 Å². The molecule has 1 heterocycles. The number of rotatable bonds is 9. The first-order chi connectivity index (χ1) is 16.0. The van der Waals surface area contributed by atoms with Gasteiger partial charge in [-0.2, -0.15) is 0 Å². The molecule has 1 N–H and O–H groups in total. The van der Waals surface area contributed by atoms with E-state index in [1.54, 1.807) is 12.1 Å². The Kier molecular flexibility index (Phi) is 7.03. The van der Waals surface area contributed by atoms with Crippen molar-refractivity contribution < 1.29 is 13.9 Å². The number of halogens is 1. The van der Waals surface area contributed by atoms with E-state index in [2.05, 4.69) is 35.9 Å². The summed E-state index contributed by atoms with van der Waals surface area (Å²) in [5.41, 5.74) is 4.21. The topological polar surface area (TPSA) is 56.1 Å². The Morgan fingerprint density at radius 3 is 2.48 bits per heavy atom. The largest absolute Gasteiger partial charge is 0.493 e. The molecule has 0 radical (unpaired) electrons. The fraction of sp³-hybridized carbons (Fsp3) is 0.259. The van der Waals surface area contributed by atoms with Crippen molar-refractivity contribution in [3.8, 4) is 5.75 Å². The number of hydrogen-bond acceptors (Lipinski definition) is 3. The number of amides is 1. The number of nitrogens with zero attached hydrogens (tertiary/aromatic N) is 2. The van der Waals surface area contributed by atoms with Gasteiger partial charge < -0.3 is 14.6 Å². The Labute approximate surface area is 193 Å². The van der Waals surface area contributed by atoms with Crippen molar-refractivity contribution in [1.29, 1.82) is 0 Å². The highest BCUT2D eigenvalue weighted by molar-refractivity contribution is 5.94. The van der Waals surface area contributed by atoms with Gasteiger partial charge in [0, 0.05) is 6.54 Å². The number of carbonyl (C=O) groups excluding carboxylic acids is 1. The lowest BCUT2D eigenvalue weighted by Crippen LogP contribution is -2.25. The number of ether oxygens (including phenoxy) is 1. The first-order valence-electron chi connectivity index (χ1n) is 11.2. The third kappa shape index (κ3) is 5.22. The molecule has 0 atom stereocenters. The molecule has 0 spiro atoms. The molecule has 1 aromatic heterocycles. The molecule has 0 saturated carbocycles. The van der Waals surface area contributed by atoms with Crippen LogP contribution in [0.15, 0.2) is 66.7 Å². The van der Waals surface area contributed by atoms with Gasteiger partial charge in [0.05, 0.1) is 29.7 Å². The third-order valence-corrected chi connectivity index (χ3v) is 5.69. The molecule has 0 aliphatic carbocycles. The highest BCUT2D eigenvalue weighted by atomic mass is 19.1. The first kappa shape index (κ1) is 22.5. The van der Waals surface area contributed by atoms with Crippen LogP contribution in [0.1, 0.15) is 40.2 Å². The van der Waals surface area contributed by atoms with E-state index in [0.717, 1.165) is 53.1 Å². The van der Waals surface area contributed by atoms with Crippen LogP contribution in [0.25, 0.3) is 11.0 Å². The van der Waals surface area contributed by atoms with E-state index in [9.17, 15) is 9.18 Å². The zero-order valence-corrected chi connectivity index (χ0v) is 19.0. The van der Waals surface area contributed by atoms with E-state index in [1.807, 2.05) is 30.3 Å². The van der Waals surface area contributed by atoms with Crippen molar-refractivity contribution in [2.24, 2.45) is 0 Å². The molecule has 170 valence electrons. The van der Waals surface area contributed by atoms with Crippen molar-refractivity contribution in [2.75, 3.05) is 6.61 Å². The molecule has 0 fully saturated rings. The summed E-state index contributed by atoms with van der Waals surface area (Å²) in [4.78, 5) is 17.1. The van der Waals surface area contributed by atoms with Gasteiger partial charge >= 0.3 is 0 Å². The predicted octanol–water partition coefficient (Wildman–Crippen LogP) is 5.58. The van der Waals surface area contributed by atoms with Crippen molar-refractivity contribution >= 4 is 16.9 Å². The van der Waals surface area contributed by atoms with Gasteiger partial charge in [-0.05, 0) is 62.1 Å². The highest BCUT2D eigenvalue weighted by Crippen LogP contribution is 2.23. The molecule has 4 rings (SSSR count). The number of unbranched alkanes of at least 4 members (excludes halogenated alkanes) is 1. The predicted molar refractivity (Wildman–Crippen MR) is 128 cm³/mol. The number of para-hydroxylation sites is 3. The number of carbonyl (C=O) groups is 1. The van der Waals surface area contributed by atoms with Gasteiger partial charge in [0.2, 0.25) is 0 Å². The van der Waals surface area contributed by atoms with E-state index >= 15 is 0 Å². The third-order valence-electron chi connectivity index (χ3n) is 5.69. The maximum atomic E-state index is 13.9. The van der Waals surface area contributed by atoms with Crippen molar-refractivity contribution in [3.05, 3.63) is 95.1 Å². The highest BCUT2D eigenvalue weighted by Gasteiger charge is 2.14. The number of benzene rings is 3. The lowest BCUT2D eigenvalue weighted by molar-refractivity contribution is 0.0945. The fourth-order valence-electron chi connectivity index (χ4n) is 3.98. The van der Waals surface area contributed by atoms with Crippen LogP contribution in [0.2, 0.25) is 0 Å². The Morgan fingerprint density at radius 1 is 0.970 bits per heavy atom. The van der Waals surface area contributed by atoms with Crippen LogP contribution < -0.4 is 10.1 Å². The van der Waals surface area contributed by atoms with Crippen molar-refractivity contribution in [3.63, 3.8) is 0 Å². The number of hydrogen-bond donors (Lipinski definition) is 1. The monoisotopic (exact) mass is 445 g/mol. The average molecular weight is 446 g/mol. The summed E-state index contributed by atoms with van der Waals surface area (Å²) in [5, 5.41) is 2.81. The lowest BCUT2D eigenvalue weighted by atomic mass is 10.1. The van der Waals surface area contributed by atoms with Crippen molar-refractivity contribution in [1.82, 2.24) is 14.9 Å². The minimum Gasteiger partial charge on any atom is -0.493 e. The molecular formula is C27H28FN3O2. The van der Waals surface area contributed by atoms with E-state index in [4.69, 9.17) is 9.72 Å². The van der Waals surface area contributed by atoms with Crippen LogP contribution in [0.3, 0.4) is 0 Å². The number of imidazole rings is 1. The molecule has 1 amide bonds. The average Bonchev–Trinajstić information content (AvgIpc) is 3.16. The molecular weight excluding hydrogens is 417 g/mol. The SMILES string of the molecule is Cc1cccc(C)c1OCCCCn1c(CNC(=O)c2ccccc2F)nc2ccccc21. The lowest BCUT2D eigenvalue weighted by Gasteiger charge is -2.13. The summed E-state index contributed by atoms with van der Waals surface area (Å²) in [6, 6.07) is 20.0. The summed E-state index contributed by atoms with van der Waals surface area (Å²) < 4.78 is 22.1. The second-order valence-electron chi connectivity index (χ2n) is 8.11. The maximum absolute atomic E-state index is 13.9. The molecule has 0 aliphatic rings. The molecule has 6 heteroatoms. The van der Waals surface area contributed by atoms with Gasteiger partial charge in [-0.3, -0.25) is 4.79 Å². The summed E-state index contributed by atoms with van der Waals surface area (Å²) in [5.74, 6) is 0.722. The molecule has 0 unspecified atom stereocenters. The Morgan fingerprint density at radius 2 is 1.70 bits per heavy atom. The van der Waals surface area contributed by atoms with Gasteiger partial charge in [-0.1, -0.05) is 42.5 Å². The summed E-state index contributed by atoms with van der Waals surface area (Å²) in [7, 11) is 0. The summed E-state index contributed by atoms with van der Waals surface area (Å²) in [6.45, 7) is 5.73. The quantitative estimate of drug-likeness (QED) is 0.342. The molecule has 33 heavy (non-hydrogen) atoms. The van der Waals surface area contributed by atoms with Crippen LogP contribution in [-0.4, -0.2) is 22.1 Å². The minimum absolute atomic E-state index is 0.0313. The van der Waals surface area contributed by atoms with Gasteiger partial charge in [-0.25, -0.2) is 9.37 Å². The standard InChI is InChI=1S/C27H28FN3O2/c1-19-10-9-11-20(2)26(19)33-17-8-7-16-31-24-15-6-5-14-23(24)30-25(31)18-29-27(32)21-12-3-4-13-22(21)28/h3-6,9-15H,7-8,16-18H2,1-2H3,(H,29,32). The maximum Gasteiger partial charge on any atom is 0.254 e. The Bertz CT molecular complexity index is 1250. The number of nitrogens with one attached hydrogen (secondary N) is 1. The Hall–Kier alpha value is -3.67. The van der Waals surface area contributed by atoms with Crippen LogP contribution in [0, 0.1) is 19.7 Å². The zero-order valence-electron chi connectivity index (χ0n) is 19.0. The van der Waals surface area contributed by atoms with Crippen LogP contribution in [0.5, 0.6) is 5.75 Å². The second kappa shape index (κ2) is 10.3. The fourth-order valence-corrected chi connectivity index (χ4v) is 3.98. The van der Waals surface area contributed by atoms with E-state index in [1.165, 1.54) is 12.1 Å². The van der Waals surface area contributed by atoms with E-state index < -0.39 is 11.7 Å². The van der Waals surface area contributed by atoms with Crippen molar-refractivity contribution in [2.45, 2.75) is 39.8 Å². The number of aromatic nitrogens is 2. The smallest absolute Gasteiger partial charge is 0.254 e. The zero-order chi connectivity index (χ0) is 23.2. The molecule has 3 aromatic carbocycles. The van der Waals surface area contributed by atoms with E-state index in [0.29, 0.717) is 6.61 Å². The molecule has 0 aliphatic heterocycles. The normalized spacial score (nSPS) is 11.0. The summed E-state index contributed by atoms with van der Waals surface area (Å²) in [6.07, 6.45) is 1.79. The Balaban J connectivity index is 1.40. The molecule has 0 saturated heterocycles. The second-order valence-corrected chi connectivity index (χ2v) is 8.11. The van der Waals surface area contributed by atoms with Crippen LogP contribution in [0.4, 0.5) is 4.39 Å². The van der Waals surface area contributed by atoms with Gasteiger partial charge in [-0.15, -0.1) is 0 Å².